The molecule has 104 valence electrons. The standard InChI is InChI=1S/C13H7Cl3FNO2/c14-7-3-9(15)13(10(16)4-7)8-5-18-11(17)1-6(8)2-12(19)20/h1,3-5H,2H2,(H,19,20). The van der Waals surface area contributed by atoms with Gasteiger partial charge in [-0.15, -0.1) is 0 Å². The van der Waals surface area contributed by atoms with Crippen molar-refractivity contribution >= 4 is 40.8 Å². The Kier molecular flexibility index (Phi) is 4.48. The highest BCUT2D eigenvalue weighted by Gasteiger charge is 2.17. The van der Waals surface area contributed by atoms with Crippen LogP contribution in [-0.4, -0.2) is 16.1 Å². The molecule has 0 unspecified atom stereocenters. The van der Waals surface area contributed by atoms with Crippen LogP contribution in [0.4, 0.5) is 4.39 Å². The second kappa shape index (κ2) is 5.95. The van der Waals surface area contributed by atoms with Gasteiger partial charge < -0.3 is 5.11 Å². The van der Waals surface area contributed by atoms with Crippen molar-refractivity contribution in [3.05, 3.63) is 51.0 Å². The van der Waals surface area contributed by atoms with Crippen molar-refractivity contribution in [1.82, 2.24) is 4.98 Å². The third kappa shape index (κ3) is 3.20. The molecule has 0 fully saturated rings. The van der Waals surface area contributed by atoms with Crippen molar-refractivity contribution < 1.29 is 14.3 Å². The summed E-state index contributed by atoms with van der Waals surface area (Å²) in [5, 5.41) is 9.70. The minimum atomic E-state index is -1.10. The van der Waals surface area contributed by atoms with Gasteiger partial charge in [0.2, 0.25) is 5.95 Å². The zero-order valence-corrected chi connectivity index (χ0v) is 12.1. The Morgan fingerprint density at radius 2 is 1.80 bits per heavy atom. The Morgan fingerprint density at radius 1 is 1.20 bits per heavy atom. The van der Waals surface area contributed by atoms with Crippen molar-refractivity contribution in [2.45, 2.75) is 6.42 Å². The largest absolute Gasteiger partial charge is 0.481 e. The second-order valence-electron chi connectivity index (χ2n) is 3.98. The topological polar surface area (TPSA) is 50.2 Å². The highest BCUT2D eigenvalue weighted by molar-refractivity contribution is 6.41. The number of hydrogen-bond donors (Lipinski definition) is 1. The lowest BCUT2D eigenvalue weighted by atomic mass is 10.00. The van der Waals surface area contributed by atoms with Crippen LogP contribution in [0.15, 0.2) is 24.4 Å². The Labute approximate surface area is 128 Å². The number of carboxylic acids is 1. The molecular weight excluding hydrogens is 328 g/mol. The molecule has 0 aliphatic rings. The number of carbonyl (C=O) groups is 1. The summed E-state index contributed by atoms with van der Waals surface area (Å²) in [6, 6.07) is 3.99. The van der Waals surface area contributed by atoms with Crippen molar-refractivity contribution in [2.75, 3.05) is 0 Å². The molecule has 0 spiro atoms. The van der Waals surface area contributed by atoms with Gasteiger partial charge in [-0.2, -0.15) is 4.39 Å². The van der Waals surface area contributed by atoms with E-state index in [0.29, 0.717) is 16.1 Å². The van der Waals surface area contributed by atoms with Crippen LogP contribution >= 0.6 is 34.8 Å². The van der Waals surface area contributed by atoms with E-state index in [9.17, 15) is 9.18 Å². The van der Waals surface area contributed by atoms with Gasteiger partial charge in [0, 0.05) is 22.3 Å². The molecule has 3 nitrogen and oxygen atoms in total. The summed E-state index contributed by atoms with van der Waals surface area (Å²) in [6.07, 6.45) is 0.832. The lowest BCUT2D eigenvalue weighted by molar-refractivity contribution is -0.136. The van der Waals surface area contributed by atoms with Crippen LogP contribution in [0.1, 0.15) is 5.56 Å². The molecule has 0 radical (unpaired) electrons. The maximum atomic E-state index is 13.2. The number of carboxylic acid groups (broad SMARTS) is 1. The van der Waals surface area contributed by atoms with E-state index in [0.717, 1.165) is 6.07 Å². The van der Waals surface area contributed by atoms with Crippen LogP contribution in [0, 0.1) is 5.95 Å². The molecule has 0 saturated heterocycles. The first-order valence-electron chi connectivity index (χ1n) is 5.39. The zero-order chi connectivity index (χ0) is 14.9. The van der Waals surface area contributed by atoms with Crippen molar-refractivity contribution in [3.63, 3.8) is 0 Å². The number of rotatable bonds is 3. The summed E-state index contributed by atoms with van der Waals surface area (Å²) in [6.45, 7) is 0. The zero-order valence-electron chi connectivity index (χ0n) is 9.83. The molecule has 1 aromatic heterocycles. The van der Waals surface area contributed by atoms with Crippen LogP contribution in [0.3, 0.4) is 0 Å². The molecule has 1 heterocycles. The second-order valence-corrected chi connectivity index (χ2v) is 5.23. The SMILES string of the molecule is O=C(O)Cc1cc(F)ncc1-c1c(Cl)cc(Cl)cc1Cl. The minimum absolute atomic E-state index is 0.233. The van der Waals surface area contributed by atoms with Crippen LogP contribution in [0.25, 0.3) is 11.1 Å². The van der Waals surface area contributed by atoms with Gasteiger partial charge in [-0.05, 0) is 23.8 Å². The average Bonchev–Trinajstić information content (AvgIpc) is 2.29. The molecule has 0 amide bonds. The monoisotopic (exact) mass is 333 g/mol. The fourth-order valence-corrected chi connectivity index (χ4v) is 2.82. The number of hydrogen-bond acceptors (Lipinski definition) is 2. The maximum Gasteiger partial charge on any atom is 0.307 e. The summed E-state index contributed by atoms with van der Waals surface area (Å²) >= 11 is 18.0. The summed E-state index contributed by atoms with van der Waals surface area (Å²) in [7, 11) is 0. The summed E-state index contributed by atoms with van der Waals surface area (Å²) < 4.78 is 13.2. The van der Waals surface area contributed by atoms with Crippen molar-refractivity contribution in [3.8, 4) is 11.1 Å². The average molecular weight is 335 g/mol. The normalized spacial score (nSPS) is 10.6. The Hall–Kier alpha value is -1.36. The van der Waals surface area contributed by atoms with Crippen LogP contribution in [-0.2, 0) is 11.2 Å². The molecule has 0 aliphatic heterocycles. The first kappa shape index (κ1) is 15.0. The molecule has 0 aliphatic carbocycles. The molecule has 7 heteroatoms. The number of nitrogens with zero attached hydrogens (tertiary/aromatic N) is 1. The Morgan fingerprint density at radius 3 is 2.35 bits per heavy atom. The quantitative estimate of drug-likeness (QED) is 0.842. The first-order chi connectivity index (χ1) is 9.38. The number of benzene rings is 1. The van der Waals surface area contributed by atoms with E-state index in [1.807, 2.05) is 0 Å². The van der Waals surface area contributed by atoms with E-state index >= 15 is 0 Å². The van der Waals surface area contributed by atoms with Crippen LogP contribution in [0.2, 0.25) is 15.1 Å². The Balaban J connectivity index is 2.66. The molecule has 1 N–H and O–H groups in total. The fourth-order valence-electron chi connectivity index (χ4n) is 1.80. The van der Waals surface area contributed by atoms with Gasteiger partial charge in [-0.25, -0.2) is 4.98 Å². The molecule has 0 atom stereocenters. The molecule has 1 aromatic carbocycles. The third-order valence-corrected chi connectivity index (χ3v) is 3.39. The number of pyridine rings is 1. The highest BCUT2D eigenvalue weighted by atomic mass is 35.5. The third-order valence-electron chi connectivity index (χ3n) is 2.57. The molecule has 2 aromatic rings. The van der Waals surface area contributed by atoms with Gasteiger partial charge in [0.05, 0.1) is 16.5 Å². The molecule has 20 heavy (non-hydrogen) atoms. The van der Waals surface area contributed by atoms with Gasteiger partial charge in [0.15, 0.2) is 0 Å². The lowest BCUT2D eigenvalue weighted by Crippen LogP contribution is -2.04. The highest BCUT2D eigenvalue weighted by Crippen LogP contribution is 2.38. The fraction of sp³-hybridized carbons (Fsp3) is 0.0769. The van der Waals surface area contributed by atoms with E-state index in [4.69, 9.17) is 39.9 Å². The van der Waals surface area contributed by atoms with E-state index in [-0.39, 0.29) is 22.0 Å². The smallest absolute Gasteiger partial charge is 0.307 e. The van der Waals surface area contributed by atoms with Gasteiger partial charge >= 0.3 is 5.97 Å². The van der Waals surface area contributed by atoms with Crippen LogP contribution in [0.5, 0.6) is 0 Å². The van der Waals surface area contributed by atoms with E-state index in [1.165, 1.54) is 18.3 Å². The Bertz CT molecular complexity index is 668. The maximum absolute atomic E-state index is 13.2. The van der Waals surface area contributed by atoms with E-state index in [2.05, 4.69) is 4.98 Å². The summed E-state index contributed by atoms with van der Waals surface area (Å²) in [5.74, 6) is -1.87. The molecule has 0 saturated carbocycles. The first-order valence-corrected chi connectivity index (χ1v) is 6.53. The minimum Gasteiger partial charge on any atom is -0.481 e. The van der Waals surface area contributed by atoms with E-state index < -0.39 is 11.9 Å². The molecule has 2 rings (SSSR count). The number of aliphatic carboxylic acids is 1. The summed E-state index contributed by atoms with van der Waals surface area (Å²) in [5.41, 5.74) is 0.970. The predicted molar refractivity (Wildman–Crippen MR) is 76.0 cm³/mol. The van der Waals surface area contributed by atoms with Crippen LogP contribution < -0.4 is 0 Å². The number of halogens is 4. The predicted octanol–water partition coefficient (Wildman–Crippen LogP) is 4.48. The van der Waals surface area contributed by atoms with Gasteiger partial charge in [-0.3, -0.25) is 4.79 Å². The van der Waals surface area contributed by atoms with Gasteiger partial charge in [0.25, 0.3) is 0 Å². The van der Waals surface area contributed by atoms with Crippen molar-refractivity contribution in [2.24, 2.45) is 0 Å². The van der Waals surface area contributed by atoms with Gasteiger partial charge in [0.1, 0.15) is 0 Å². The molecule has 0 bridgehead atoms. The summed E-state index contributed by atoms with van der Waals surface area (Å²) in [4.78, 5) is 14.4. The van der Waals surface area contributed by atoms with E-state index in [1.54, 1.807) is 0 Å². The number of aromatic nitrogens is 1. The van der Waals surface area contributed by atoms with Gasteiger partial charge in [-0.1, -0.05) is 34.8 Å². The van der Waals surface area contributed by atoms with Crippen molar-refractivity contribution in [1.29, 1.82) is 0 Å². The lowest BCUT2D eigenvalue weighted by Gasteiger charge is -2.12. The molecular formula is C13H7Cl3FNO2.